The summed E-state index contributed by atoms with van der Waals surface area (Å²) in [5.74, 6) is 0.599. The Balaban J connectivity index is 1.97. The molecular formula is C14H23BrN4O2. The van der Waals surface area contributed by atoms with Gasteiger partial charge >= 0.3 is 0 Å². The largest absolute Gasteiger partial charge is 0.382 e. The summed E-state index contributed by atoms with van der Waals surface area (Å²) in [4.78, 5) is 14.3. The molecule has 1 aromatic heterocycles. The quantitative estimate of drug-likeness (QED) is 0.832. The van der Waals surface area contributed by atoms with Crippen LogP contribution in [0.15, 0.2) is 15.5 Å². The molecule has 0 bridgehead atoms. The number of nitrogens with one attached hydrogen (secondary N) is 1. The summed E-state index contributed by atoms with van der Waals surface area (Å²) < 4.78 is 7.40. The molecule has 21 heavy (non-hydrogen) atoms. The maximum Gasteiger partial charge on any atom is 0.283 e. The van der Waals surface area contributed by atoms with Crippen LogP contribution in [0, 0.1) is 5.92 Å². The van der Waals surface area contributed by atoms with Crippen molar-refractivity contribution in [1.29, 1.82) is 0 Å². The highest BCUT2D eigenvalue weighted by Gasteiger charge is 2.15. The van der Waals surface area contributed by atoms with E-state index in [0.717, 1.165) is 44.8 Å². The summed E-state index contributed by atoms with van der Waals surface area (Å²) in [5.41, 5.74) is 0.682. The van der Waals surface area contributed by atoms with Crippen molar-refractivity contribution in [1.82, 2.24) is 14.7 Å². The Hall–Kier alpha value is -0.920. The molecular weight excluding hydrogens is 336 g/mol. The van der Waals surface area contributed by atoms with E-state index in [1.165, 1.54) is 4.68 Å². The van der Waals surface area contributed by atoms with Crippen molar-refractivity contribution in [2.75, 3.05) is 45.7 Å². The Kier molecular flexibility index (Phi) is 6.20. The van der Waals surface area contributed by atoms with Gasteiger partial charge in [0.25, 0.3) is 5.56 Å². The molecule has 0 radical (unpaired) electrons. The zero-order chi connectivity index (χ0) is 15.2. The molecule has 1 fully saturated rings. The minimum atomic E-state index is -0.0890. The van der Waals surface area contributed by atoms with E-state index >= 15 is 0 Å². The van der Waals surface area contributed by atoms with E-state index in [0.29, 0.717) is 16.9 Å². The number of ether oxygens (including phenoxy) is 1. The predicted octanol–water partition coefficient (Wildman–Crippen LogP) is 1.41. The third kappa shape index (κ3) is 4.79. The van der Waals surface area contributed by atoms with E-state index in [9.17, 15) is 4.79 Å². The van der Waals surface area contributed by atoms with Crippen molar-refractivity contribution >= 4 is 21.6 Å². The van der Waals surface area contributed by atoms with E-state index < -0.39 is 0 Å². The molecule has 7 heteroatoms. The van der Waals surface area contributed by atoms with E-state index in [4.69, 9.17) is 4.74 Å². The third-order valence-electron chi connectivity index (χ3n) is 3.67. The molecule has 0 unspecified atom stereocenters. The van der Waals surface area contributed by atoms with Gasteiger partial charge in [-0.25, -0.2) is 4.68 Å². The fourth-order valence-electron chi connectivity index (χ4n) is 2.25. The van der Waals surface area contributed by atoms with Crippen LogP contribution < -0.4 is 10.9 Å². The van der Waals surface area contributed by atoms with Crippen LogP contribution in [-0.4, -0.2) is 55.1 Å². The minimum Gasteiger partial charge on any atom is -0.382 e. The van der Waals surface area contributed by atoms with Crippen molar-refractivity contribution in [2.24, 2.45) is 5.92 Å². The molecule has 2 rings (SSSR count). The smallest absolute Gasteiger partial charge is 0.283 e. The number of likely N-dealkylation sites (N-methyl/N-ethyl adjacent to an activating group) is 1. The van der Waals surface area contributed by atoms with Gasteiger partial charge in [0.05, 0.1) is 18.4 Å². The van der Waals surface area contributed by atoms with Crippen LogP contribution in [0.1, 0.15) is 12.8 Å². The Bertz CT molecular complexity index is 512. The van der Waals surface area contributed by atoms with Gasteiger partial charge in [0.15, 0.2) is 0 Å². The van der Waals surface area contributed by atoms with Gasteiger partial charge in [-0.15, -0.1) is 0 Å². The Morgan fingerprint density at radius 3 is 2.86 bits per heavy atom. The maximum absolute atomic E-state index is 12.2. The Morgan fingerprint density at radius 1 is 1.48 bits per heavy atom. The van der Waals surface area contributed by atoms with Gasteiger partial charge in [0, 0.05) is 26.3 Å². The standard InChI is InChI=1S/C14H23BrN4O2/c1-18(2)5-6-19-14(20)13(15)12(10-17-19)16-9-11-3-7-21-8-4-11/h10-11,16H,3-9H2,1-2H3. The summed E-state index contributed by atoms with van der Waals surface area (Å²) in [6.45, 7) is 3.89. The number of anilines is 1. The zero-order valence-corrected chi connectivity index (χ0v) is 14.2. The van der Waals surface area contributed by atoms with Crippen LogP contribution >= 0.6 is 15.9 Å². The Labute approximate surface area is 133 Å². The van der Waals surface area contributed by atoms with Crippen LogP contribution in [0.5, 0.6) is 0 Å². The second-order valence-electron chi connectivity index (χ2n) is 5.64. The van der Waals surface area contributed by atoms with Crippen LogP contribution in [0.3, 0.4) is 0 Å². The number of aromatic nitrogens is 2. The number of rotatable bonds is 6. The zero-order valence-electron chi connectivity index (χ0n) is 12.6. The van der Waals surface area contributed by atoms with Crippen molar-refractivity contribution in [3.8, 4) is 0 Å². The molecule has 0 atom stereocenters. The predicted molar refractivity (Wildman–Crippen MR) is 86.8 cm³/mol. The highest BCUT2D eigenvalue weighted by atomic mass is 79.9. The first-order chi connectivity index (χ1) is 10.1. The molecule has 1 N–H and O–H groups in total. The molecule has 0 aliphatic carbocycles. The summed E-state index contributed by atoms with van der Waals surface area (Å²) >= 11 is 3.39. The fourth-order valence-corrected chi connectivity index (χ4v) is 2.69. The van der Waals surface area contributed by atoms with E-state index in [1.54, 1.807) is 6.20 Å². The van der Waals surface area contributed by atoms with Gasteiger partial charge in [0.1, 0.15) is 4.47 Å². The summed E-state index contributed by atoms with van der Waals surface area (Å²) in [7, 11) is 3.95. The molecule has 6 nitrogen and oxygen atoms in total. The first-order valence-corrected chi connectivity index (χ1v) is 8.09. The van der Waals surface area contributed by atoms with Crippen molar-refractivity contribution < 1.29 is 4.74 Å². The van der Waals surface area contributed by atoms with E-state index in [-0.39, 0.29) is 5.56 Å². The normalized spacial score (nSPS) is 16.4. The molecule has 1 aliphatic heterocycles. The van der Waals surface area contributed by atoms with E-state index in [2.05, 4.69) is 26.3 Å². The van der Waals surface area contributed by atoms with Crippen LogP contribution in [0.2, 0.25) is 0 Å². The topological polar surface area (TPSA) is 59.4 Å². The monoisotopic (exact) mass is 358 g/mol. The van der Waals surface area contributed by atoms with Gasteiger partial charge in [-0.05, 0) is 48.8 Å². The number of hydrogen-bond acceptors (Lipinski definition) is 5. The first kappa shape index (κ1) is 16.5. The molecule has 0 amide bonds. The summed E-state index contributed by atoms with van der Waals surface area (Å²) in [5, 5.41) is 7.56. The lowest BCUT2D eigenvalue weighted by Gasteiger charge is -2.22. The maximum atomic E-state index is 12.2. The summed E-state index contributed by atoms with van der Waals surface area (Å²) in [6.07, 6.45) is 3.86. The average Bonchev–Trinajstić information content (AvgIpc) is 2.48. The molecule has 1 aliphatic rings. The van der Waals surface area contributed by atoms with E-state index in [1.807, 2.05) is 19.0 Å². The first-order valence-electron chi connectivity index (χ1n) is 7.30. The molecule has 0 aromatic carbocycles. The van der Waals surface area contributed by atoms with Crippen molar-refractivity contribution in [2.45, 2.75) is 19.4 Å². The lowest BCUT2D eigenvalue weighted by molar-refractivity contribution is 0.0699. The lowest BCUT2D eigenvalue weighted by atomic mass is 10.0. The van der Waals surface area contributed by atoms with Gasteiger partial charge in [-0.1, -0.05) is 0 Å². The average molecular weight is 359 g/mol. The third-order valence-corrected chi connectivity index (χ3v) is 4.43. The van der Waals surface area contributed by atoms with Crippen molar-refractivity contribution in [3.05, 3.63) is 21.0 Å². The lowest BCUT2D eigenvalue weighted by Crippen LogP contribution is -2.30. The number of nitrogens with zero attached hydrogens (tertiary/aromatic N) is 3. The molecule has 1 aromatic rings. The Morgan fingerprint density at radius 2 is 2.19 bits per heavy atom. The number of halogens is 1. The molecule has 118 valence electrons. The van der Waals surface area contributed by atoms with Crippen LogP contribution in [-0.2, 0) is 11.3 Å². The summed E-state index contributed by atoms with van der Waals surface area (Å²) in [6, 6.07) is 0. The van der Waals surface area contributed by atoms with Gasteiger partial charge in [0.2, 0.25) is 0 Å². The molecule has 2 heterocycles. The SMILES string of the molecule is CN(C)CCn1ncc(NCC2CCOCC2)c(Br)c1=O. The second kappa shape index (κ2) is 7.91. The van der Waals surface area contributed by atoms with Gasteiger partial charge in [-0.2, -0.15) is 5.10 Å². The molecule has 1 saturated heterocycles. The second-order valence-corrected chi connectivity index (χ2v) is 6.43. The van der Waals surface area contributed by atoms with Crippen LogP contribution in [0.25, 0.3) is 0 Å². The van der Waals surface area contributed by atoms with Gasteiger partial charge < -0.3 is 15.0 Å². The molecule has 0 saturated carbocycles. The minimum absolute atomic E-state index is 0.0890. The van der Waals surface area contributed by atoms with Gasteiger partial charge in [-0.3, -0.25) is 4.79 Å². The van der Waals surface area contributed by atoms with Crippen LogP contribution in [0.4, 0.5) is 5.69 Å². The van der Waals surface area contributed by atoms with Crippen molar-refractivity contribution in [3.63, 3.8) is 0 Å². The fraction of sp³-hybridized carbons (Fsp3) is 0.714. The highest BCUT2D eigenvalue weighted by molar-refractivity contribution is 9.10. The highest BCUT2D eigenvalue weighted by Crippen LogP contribution is 2.19. The number of hydrogen-bond donors (Lipinski definition) is 1. The molecule has 0 spiro atoms.